The second kappa shape index (κ2) is 6.39. The third-order valence-electron chi connectivity index (χ3n) is 1.56. The zero-order valence-electron chi connectivity index (χ0n) is 7.99. The van der Waals surface area contributed by atoms with Crippen LogP contribution in [0.4, 0.5) is 0 Å². The number of carbonyl (C=O) groups excluding carboxylic acids is 1. The van der Waals surface area contributed by atoms with Gasteiger partial charge in [-0.15, -0.1) is 0 Å². The van der Waals surface area contributed by atoms with E-state index in [0.717, 1.165) is 12.8 Å². The molecule has 0 saturated heterocycles. The maximum Gasteiger partial charge on any atom is 0.303 e. The van der Waals surface area contributed by atoms with E-state index in [0.29, 0.717) is 6.42 Å². The highest BCUT2D eigenvalue weighted by Gasteiger charge is 2.17. The van der Waals surface area contributed by atoms with Crippen molar-refractivity contribution in [1.82, 2.24) is 0 Å². The summed E-state index contributed by atoms with van der Waals surface area (Å²) < 4.78 is 4.78. The van der Waals surface area contributed by atoms with Gasteiger partial charge in [0.05, 0.1) is 0 Å². The number of nitro groups is 1. The van der Waals surface area contributed by atoms with E-state index in [1.807, 2.05) is 6.92 Å². The van der Waals surface area contributed by atoms with Crippen molar-refractivity contribution < 1.29 is 14.5 Å². The molecule has 0 radical (unpaired) electrons. The van der Waals surface area contributed by atoms with Crippen molar-refractivity contribution in [3.8, 4) is 0 Å². The molecule has 0 aromatic carbocycles. The maximum absolute atomic E-state index is 10.6. The van der Waals surface area contributed by atoms with Gasteiger partial charge in [0, 0.05) is 11.8 Å². The Bertz CT molecular complexity index is 165. The van der Waals surface area contributed by atoms with Crippen LogP contribution in [0.2, 0.25) is 0 Å². The van der Waals surface area contributed by atoms with Gasteiger partial charge < -0.3 is 4.74 Å². The predicted octanol–water partition coefficient (Wildman–Crippen LogP) is 1.39. The maximum atomic E-state index is 10.6. The molecule has 0 aliphatic rings. The zero-order valence-corrected chi connectivity index (χ0v) is 7.99. The van der Waals surface area contributed by atoms with Crippen molar-refractivity contribution in [2.75, 3.05) is 6.54 Å². The monoisotopic (exact) mass is 189 g/mol. The van der Waals surface area contributed by atoms with Crippen LogP contribution in [0.5, 0.6) is 0 Å². The van der Waals surface area contributed by atoms with Gasteiger partial charge in [0.1, 0.15) is 0 Å². The van der Waals surface area contributed by atoms with Gasteiger partial charge >= 0.3 is 5.97 Å². The summed E-state index contributed by atoms with van der Waals surface area (Å²) >= 11 is 0. The zero-order chi connectivity index (χ0) is 10.3. The molecular weight excluding hydrogens is 174 g/mol. The summed E-state index contributed by atoms with van der Waals surface area (Å²) in [6, 6.07) is 0. The van der Waals surface area contributed by atoms with Crippen LogP contribution in [0.25, 0.3) is 0 Å². The van der Waals surface area contributed by atoms with Crippen LogP contribution in [0, 0.1) is 10.1 Å². The van der Waals surface area contributed by atoms with Gasteiger partial charge in [-0.2, -0.15) is 0 Å². The summed E-state index contributed by atoms with van der Waals surface area (Å²) in [5, 5.41) is 10.2. The van der Waals surface area contributed by atoms with E-state index in [4.69, 9.17) is 4.74 Å². The fraction of sp³-hybridized carbons (Fsp3) is 0.875. The summed E-state index contributed by atoms with van der Waals surface area (Å²) in [7, 11) is 0. The molecule has 0 N–H and O–H groups in total. The highest BCUT2D eigenvalue weighted by molar-refractivity contribution is 5.66. The molecule has 0 fully saturated rings. The first-order chi connectivity index (χ1) is 6.06. The summed E-state index contributed by atoms with van der Waals surface area (Å²) in [4.78, 5) is 20.3. The van der Waals surface area contributed by atoms with Crippen molar-refractivity contribution >= 4 is 5.97 Å². The molecule has 1 unspecified atom stereocenters. The smallest absolute Gasteiger partial charge is 0.303 e. The summed E-state index contributed by atoms with van der Waals surface area (Å²) in [6.45, 7) is 2.95. The lowest BCUT2D eigenvalue weighted by Crippen LogP contribution is -2.25. The van der Waals surface area contributed by atoms with E-state index in [-0.39, 0.29) is 6.54 Å². The molecule has 0 aromatic heterocycles. The third-order valence-corrected chi connectivity index (χ3v) is 1.56. The van der Waals surface area contributed by atoms with Gasteiger partial charge in [-0.3, -0.25) is 14.9 Å². The third kappa shape index (κ3) is 7.24. The number of nitrogens with zero attached hydrogens (tertiary/aromatic N) is 1. The van der Waals surface area contributed by atoms with Gasteiger partial charge in [-0.1, -0.05) is 13.3 Å². The van der Waals surface area contributed by atoms with E-state index >= 15 is 0 Å². The minimum Gasteiger partial charge on any atom is -0.456 e. The number of hydrogen-bond acceptors (Lipinski definition) is 4. The summed E-state index contributed by atoms with van der Waals surface area (Å²) in [5.74, 6) is -0.456. The number of unbranched alkanes of at least 4 members (excludes halogenated alkanes) is 1. The second-order valence-electron chi connectivity index (χ2n) is 2.89. The first kappa shape index (κ1) is 11.9. The Morgan fingerprint density at radius 3 is 2.62 bits per heavy atom. The highest BCUT2D eigenvalue weighted by atomic mass is 16.6. The van der Waals surface area contributed by atoms with Crippen LogP contribution < -0.4 is 0 Å². The number of esters is 1. The average Bonchev–Trinajstić information content (AvgIpc) is 1.98. The number of carbonyl (C=O) groups is 1. The van der Waals surface area contributed by atoms with Crippen molar-refractivity contribution in [2.45, 2.75) is 39.2 Å². The average molecular weight is 189 g/mol. The van der Waals surface area contributed by atoms with Crippen molar-refractivity contribution in [1.29, 1.82) is 0 Å². The van der Waals surface area contributed by atoms with Crippen LogP contribution in [0.15, 0.2) is 0 Å². The Morgan fingerprint density at radius 1 is 1.62 bits per heavy atom. The number of ether oxygens (including phenoxy) is 1. The lowest BCUT2D eigenvalue weighted by Gasteiger charge is -2.11. The van der Waals surface area contributed by atoms with Gasteiger partial charge in [0.15, 0.2) is 6.10 Å². The van der Waals surface area contributed by atoms with E-state index in [9.17, 15) is 14.9 Å². The SMILES string of the molecule is CCCCC(C[N+](=O)[O-])OC(C)=O. The summed E-state index contributed by atoms with van der Waals surface area (Å²) in [6.07, 6.45) is 1.78. The molecule has 0 aliphatic carbocycles. The Hall–Kier alpha value is -1.13. The van der Waals surface area contributed by atoms with Gasteiger partial charge in [0.25, 0.3) is 0 Å². The Labute approximate surface area is 77.2 Å². The van der Waals surface area contributed by atoms with E-state index in [2.05, 4.69) is 0 Å². The topological polar surface area (TPSA) is 69.4 Å². The van der Waals surface area contributed by atoms with Crippen LogP contribution in [0.1, 0.15) is 33.1 Å². The van der Waals surface area contributed by atoms with Gasteiger partial charge in [-0.25, -0.2) is 0 Å². The molecule has 0 rings (SSSR count). The molecule has 0 amide bonds. The molecular formula is C8H15NO4. The van der Waals surface area contributed by atoms with Crippen LogP contribution in [-0.4, -0.2) is 23.5 Å². The van der Waals surface area contributed by atoms with Crippen molar-refractivity contribution in [3.05, 3.63) is 10.1 Å². The van der Waals surface area contributed by atoms with E-state index < -0.39 is 17.0 Å². The van der Waals surface area contributed by atoms with Crippen LogP contribution >= 0.6 is 0 Å². The highest BCUT2D eigenvalue weighted by Crippen LogP contribution is 2.05. The lowest BCUT2D eigenvalue weighted by molar-refractivity contribution is -0.490. The fourth-order valence-electron chi connectivity index (χ4n) is 1.02. The Kier molecular flexibility index (Phi) is 5.84. The lowest BCUT2D eigenvalue weighted by atomic mass is 10.1. The fourth-order valence-corrected chi connectivity index (χ4v) is 1.02. The molecule has 0 heterocycles. The first-order valence-corrected chi connectivity index (χ1v) is 4.35. The quantitative estimate of drug-likeness (QED) is 0.359. The molecule has 5 nitrogen and oxygen atoms in total. The minimum atomic E-state index is -0.563. The molecule has 13 heavy (non-hydrogen) atoms. The van der Waals surface area contributed by atoms with Crippen LogP contribution in [0.3, 0.4) is 0 Å². The van der Waals surface area contributed by atoms with Gasteiger partial charge in [-0.05, 0) is 12.8 Å². The molecule has 5 heteroatoms. The molecule has 76 valence electrons. The van der Waals surface area contributed by atoms with Gasteiger partial charge in [0.2, 0.25) is 6.54 Å². The second-order valence-corrected chi connectivity index (χ2v) is 2.89. The summed E-state index contributed by atoms with van der Waals surface area (Å²) in [5.41, 5.74) is 0. The molecule has 1 atom stereocenters. The molecule has 0 saturated carbocycles. The minimum absolute atomic E-state index is 0.292. The van der Waals surface area contributed by atoms with Crippen molar-refractivity contribution in [2.24, 2.45) is 0 Å². The number of rotatable bonds is 6. The first-order valence-electron chi connectivity index (χ1n) is 4.35. The molecule has 0 spiro atoms. The predicted molar refractivity (Wildman–Crippen MR) is 46.9 cm³/mol. The van der Waals surface area contributed by atoms with E-state index in [1.165, 1.54) is 6.92 Å². The molecule has 0 bridgehead atoms. The van der Waals surface area contributed by atoms with Crippen LogP contribution in [-0.2, 0) is 9.53 Å². The normalized spacial score (nSPS) is 12.2. The molecule has 0 aliphatic heterocycles. The Balaban J connectivity index is 3.87. The number of hydrogen-bond donors (Lipinski definition) is 0. The Morgan fingerprint density at radius 2 is 2.23 bits per heavy atom. The largest absolute Gasteiger partial charge is 0.456 e. The standard InChI is InChI=1S/C8H15NO4/c1-3-4-5-8(6-9(11)12)13-7(2)10/h8H,3-6H2,1-2H3. The van der Waals surface area contributed by atoms with Crippen molar-refractivity contribution in [3.63, 3.8) is 0 Å². The molecule has 0 aromatic rings. The van der Waals surface area contributed by atoms with E-state index in [1.54, 1.807) is 0 Å².